The first kappa shape index (κ1) is 11.1. The normalized spacial score (nSPS) is 36.7. The van der Waals surface area contributed by atoms with Gasteiger partial charge >= 0.3 is 5.97 Å². The van der Waals surface area contributed by atoms with Crippen LogP contribution in [0.3, 0.4) is 0 Å². The Kier molecular flexibility index (Phi) is 2.60. The second kappa shape index (κ2) is 4.00. The Morgan fingerprint density at radius 1 is 1.12 bits per heavy atom. The molecule has 1 amide bonds. The van der Waals surface area contributed by atoms with Gasteiger partial charge in [0.05, 0.1) is 0 Å². The van der Waals surface area contributed by atoms with E-state index in [1.807, 2.05) is 0 Å². The van der Waals surface area contributed by atoms with E-state index in [0.717, 1.165) is 25.2 Å². The van der Waals surface area contributed by atoms with E-state index in [0.29, 0.717) is 18.9 Å². The molecule has 0 aromatic heterocycles. The minimum absolute atomic E-state index is 0.119. The van der Waals surface area contributed by atoms with Gasteiger partial charge in [-0.15, -0.1) is 0 Å². The van der Waals surface area contributed by atoms with E-state index in [9.17, 15) is 9.59 Å². The van der Waals surface area contributed by atoms with Gasteiger partial charge in [-0.3, -0.25) is 4.79 Å². The van der Waals surface area contributed by atoms with Crippen LogP contribution in [0, 0.1) is 17.8 Å². The molecule has 4 heteroatoms. The molecule has 3 fully saturated rings. The van der Waals surface area contributed by atoms with Crippen molar-refractivity contribution in [3.8, 4) is 0 Å². The van der Waals surface area contributed by atoms with Crippen LogP contribution in [0.25, 0.3) is 0 Å². The molecule has 0 unspecified atom stereocenters. The van der Waals surface area contributed by atoms with Crippen molar-refractivity contribution in [3.05, 3.63) is 0 Å². The monoisotopic (exact) mass is 237 g/mol. The zero-order valence-corrected chi connectivity index (χ0v) is 9.97. The second-order valence-electron chi connectivity index (χ2n) is 5.72. The van der Waals surface area contributed by atoms with Gasteiger partial charge in [-0.05, 0) is 50.4 Å². The lowest BCUT2D eigenvalue weighted by Crippen LogP contribution is -2.48. The van der Waals surface area contributed by atoms with Crippen molar-refractivity contribution in [2.45, 2.75) is 44.6 Å². The molecule has 2 saturated carbocycles. The SMILES string of the molecule is O=C(O)[C@H]1CCCCN1C(=O)[C@@H]1C[C@H]1C1CC1. The van der Waals surface area contributed by atoms with E-state index in [-0.39, 0.29) is 11.8 Å². The topological polar surface area (TPSA) is 57.6 Å². The number of carbonyl (C=O) groups is 2. The number of hydrogen-bond donors (Lipinski definition) is 1. The Labute approximate surface area is 101 Å². The number of hydrogen-bond acceptors (Lipinski definition) is 2. The van der Waals surface area contributed by atoms with Gasteiger partial charge in [-0.1, -0.05) is 0 Å². The molecule has 3 aliphatic rings. The van der Waals surface area contributed by atoms with Gasteiger partial charge < -0.3 is 10.0 Å². The van der Waals surface area contributed by atoms with Crippen molar-refractivity contribution in [2.24, 2.45) is 17.8 Å². The first-order valence-electron chi connectivity index (χ1n) is 6.72. The fourth-order valence-corrected chi connectivity index (χ4v) is 3.21. The maximum absolute atomic E-state index is 12.3. The summed E-state index contributed by atoms with van der Waals surface area (Å²) in [5.74, 6) is 0.800. The Morgan fingerprint density at radius 2 is 1.88 bits per heavy atom. The first-order chi connectivity index (χ1) is 8.18. The van der Waals surface area contributed by atoms with Gasteiger partial charge in [0.15, 0.2) is 0 Å². The largest absolute Gasteiger partial charge is 0.480 e. The van der Waals surface area contributed by atoms with Crippen LogP contribution < -0.4 is 0 Å². The summed E-state index contributed by atoms with van der Waals surface area (Å²) in [5, 5.41) is 9.15. The molecule has 3 rings (SSSR count). The van der Waals surface area contributed by atoms with Crippen molar-refractivity contribution < 1.29 is 14.7 Å². The highest BCUT2D eigenvalue weighted by molar-refractivity contribution is 5.87. The van der Waals surface area contributed by atoms with E-state index in [2.05, 4.69) is 0 Å². The van der Waals surface area contributed by atoms with Crippen LogP contribution >= 0.6 is 0 Å². The summed E-state index contributed by atoms with van der Waals surface area (Å²) in [7, 11) is 0. The number of likely N-dealkylation sites (tertiary alicyclic amines) is 1. The van der Waals surface area contributed by atoms with Gasteiger partial charge in [0.1, 0.15) is 6.04 Å². The van der Waals surface area contributed by atoms with E-state index in [1.165, 1.54) is 12.8 Å². The average molecular weight is 237 g/mol. The van der Waals surface area contributed by atoms with E-state index in [1.54, 1.807) is 4.90 Å². The third kappa shape index (κ3) is 2.05. The van der Waals surface area contributed by atoms with Crippen LogP contribution in [-0.4, -0.2) is 34.5 Å². The number of piperidine rings is 1. The molecule has 1 N–H and O–H groups in total. The molecule has 1 aliphatic heterocycles. The van der Waals surface area contributed by atoms with Gasteiger partial charge in [-0.25, -0.2) is 4.79 Å². The van der Waals surface area contributed by atoms with Gasteiger partial charge in [-0.2, -0.15) is 0 Å². The molecule has 4 nitrogen and oxygen atoms in total. The molecule has 3 atom stereocenters. The van der Waals surface area contributed by atoms with Gasteiger partial charge in [0, 0.05) is 12.5 Å². The number of carboxylic acid groups (broad SMARTS) is 1. The fourth-order valence-electron chi connectivity index (χ4n) is 3.21. The molecule has 0 spiro atoms. The third-order valence-electron chi connectivity index (χ3n) is 4.46. The summed E-state index contributed by atoms with van der Waals surface area (Å²) in [6, 6.07) is -0.559. The predicted octanol–water partition coefficient (Wildman–Crippen LogP) is 1.50. The standard InChI is InChI=1S/C13H19NO3/c15-12(10-7-9(10)8-4-5-8)14-6-2-1-3-11(14)13(16)17/h8-11H,1-7H2,(H,16,17)/t9-,10+,11+/m0/s1. The average Bonchev–Trinajstić information content (AvgIpc) is 3.15. The number of amides is 1. The summed E-state index contributed by atoms with van der Waals surface area (Å²) in [5.41, 5.74) is 0. The zero-order chi connectivity index (χ0) is 12.0. The molecule has 2 aliphatic carbocycles. The molecule has 94 valence electrons. The predicted molar refractivity (Wildman–Crippen MR) is 61.3 cm³/mol. The molecule has 1 saturated heterocycles. The number of aliphatic carboxylic acids is 1. The number of nitrogens with zero attached hydrogens (tertiary/aromatic N) is 1. The van der Waals surface area contributed by atoms with Crippen LogP contribution in [-0.2, 0) is 9.59 Å². The molecule has 0 aromatic rings. The lowest BCUT2D eigenvalue weighted by atomic mass is 10.0. The van der Waals surface area contributed by atoms with Crippen LogP contribution in [0.15, 0.2) is 0 Å². The molecule has 1 heterocycles. The van der Waals surface area contributed by atoms with Crippen molar-refractivity contribution >= 4 is 11.9 Å². The minimum atomic E-state index is -0.832. The van der Waals surface area contributed by atoms with E-state index < -0.39 is 12.0 Å². The van der Waals surface area contributed by atoms with Crippen molar-refractivity contribution in [3.63, 3.8) is 0 Å². The first-order valence-corrected chi connectivity index (χ1v) is 6.72. The highest BCUT2D eigenvalue weighted by Gasteiger charge is 2.53. The maximum Gasteiger partial charge on any atom is 0.326 e. The highest BCUT2D eigenvalue weighted by atomic mass is 16.4. The molecule has 17 heavy (non-hydrogen) atoms. The number of carbonyl (C=O) groups excluding carboxylic acids is 1. The Hall–Kier alpha value is -1.06. The van der Waals surface area contributed by atoms with Crippen molar-refractivity contribution in [1.82, 2.24) is 4.90 Å². The van der Waals surface area contributed by atoms with Crippen molar-refractivity contribution in [2.75, 3.05) is 6.54 Å². The van der Waals surface area contributed by atoms with Crippen LogP contribution in [0.2, 0.25) is 0 Å². The zero-order valence-electron chi connectivity index (χ0n) is 9.97. The smallest absolute Gasteiger partial charge is 0.326 e. The summed E-state index contributed by atoms with van der Waals surface area (Å²) >= 11 is 0. The lowest BCUT2D eigenvalue weighted by Gasteiger charge is -2.33. The van der Waals surface area contributed by atoms with Crippen molar-refractivity contribution in [1.29, 1.82) is 0 Å². The van der Waals surface area contributed by atoms with E-state index in [4.69, 9.17) is 5.11 Å². The maximum atomic E-state index is 12.3. The summed E-state index contributed by atoms with van der Waals surface area (Å²) < 4.78 is 0. The second-order valence-corrected chi connectivity index (χ2v) is 5.72. The number of carboxylic acids is 1. The molecule has 0 radical (unpaired) electrons. The summed E-state index contributed by atoms with van der Waals surface area (Å²) in [4.78, 5) is 25.1. The summed E-state index contributed by atoms with van der Waals surface area (Å²) in [6.45, 7) is 0.643. The highest BCUT2D eigenvalue weighted by Crippen LogP contribution is 2.55. The Bertz CT molecular complexity index is 351. The third-order valence-corrected chi connectivity index (χ3v) is 4.46. The lowest BCUT2D eigenvalue weighted by molar-refractivity contribution is -0.152. The minimum Gasteiger partial charge on any atom is -0.480 e. The van der Waals surface area contributed by atoms with Gasteiger partial charge in [0.2, 0.25) is 5.91 Å². The van der Waals surface area contributed by atoms with Crippen LogP contribution in [0.4, 0.5) is 0 Å². The van der Waals surface area contributed by atoms with Crippen LogP contribution in [0.5, 0.6) is 0 Å². The van der Waals surface area contributed by atoms with Crippen LogP contribution in [0.1, 0.15) is 38.5 Å². The van der Waals surface area contributed by atoms with E-state index >= 15 is 0 Å². The Morgan fingerprint density at radius 3 is 2.53 bits per heavy atom. The number of rotatable bonds is 3. The molecular weight excluding hydrogens is 218 g/mol. The molecular formula is C13H19NO3. The summed E-state index contributed by atoms with van der Waals surface area (Å²) in [6.07, 6.45) is 6.07. The van der Waals surface area contributed by atoms with Gasteiger partial charge in [0.25, 0.3) is 0 Å². The quantitative estimate of drug-likeness (QED) is 0.809. The molecule has 0 aromatic carbocycles. The molecule has 0 bridgehead atoms. The Balaban J connectivity index is 1.65. The fraction of sp³-hybridized carbons (Fsp3) is 0.846.